The van der Waals surface area contributed by atoms with Gasteiger partial charge in [-0.1, -0.05) is 12.1 Å². The van der Waals surface area contributed by atoms with Gasteiger partial charge in [0, 0.05) is 18.8 Å². The van der Waals surface area contributed by atoms with Crippen LogP contribution in [0.3, 0.4) is 0 Å². The number of rotatable bonds is 3. The highest BCUT2D eigenvalue weighted by molar-refractivity contribution is 5.48. The van der Waals surface area contributed by atoms with Crippen LogP contribution in [0, 0.1) is 0 Å². The Bertz CT molecular complexity index is 323. The molecular weight excluding hydrogens is 200 g/mol. The Balaban J connectivity index is 2.03. The molecular formula is C13H20N2O. The number of β-amino-alcohol motifs (C(OH)–C–C–N with tert-alkyl or cyclic N) is 1. The van der Waals surface area contributed by atoms with Gasteiger partial charge in [-0.2, -0.15) is 0 Å². The van der Waals surface area contributed by atoms with Gasteiger partial charge in [0.15, 0.2) is 0 Å². The first-order valence-electron chi connectivity index (χ1n) is 6.01. The minimum atomic E-state index is -0.169. The lowest BCUT2D eigenvalue weighted by Gasteiger charge is -2.32. The first-order valence-corrected chi connectivity index (χ1v) is 6.01. The molecule has 1 saturated heterocycles. The molecule has 1 heterocycles. The summed E-state index contributed by atoms with van der Waals surface area (Å²) in [5, 5.41) is 9.62. The molecule has 0 saturated carbocycles. The number of aliphatic hydroxyl groups excluding tert-OH is 1. The van der Waals surface area contributed by atoms with Gasteiger partial charge >= 0.3 is 0 Å². The molecule has 0 aliphatic carbocycles. The van der Waals surface area contributed by atoms with Crippen LogP contribution in [0.2, 0.25) is 0 Å². The second-order valence-corrected chi connectivity index (χ2v) is 4.45. The van der Waals surface area contributed by atoms with Gasteiger partial charge in [0.1, 0.15) is 0 Å². The van der Waals surface area contributed by atoms with Crippen molar-refractivity contribution in [3.05, 3.63) is 29.8 Å². The first kappa shape index (κ1) is 11.4. The Morgan fingerprint density at radius 2 is 2.06 bits per heavy atom. The predicted octanol–water partition coefficient (Wildman–Crippen LogP) is 1.15. The molecule has 3 nitrogen and oxygen atoms in total. The SMILES string of the molecule is NCCc1ccc(N2CCCC(O)C2)cc1. The van der Waals surface area contributed by atoms with Gasteiger partial charge in [0.05, 0.1) is 6.10 Å². The number of nitrogens with two attached hydrogens (primary N) is 1. The van der Waals surface area contributed by atoms with Crippen LogP contribution in [-0.4, -0.2) is 30.8 Å². The second-order valence-electron chi connectivity index (χ2n) is 4.45. The zero-order valence-electron chi connectivity index (χ0n) is 9.60. The largest absolute Gasteiger partial charge is 0.391 e. The average Bonchev–Trinajstić information content (AvgIpc) is 2.30. The Hall–Kier alpha value is -1.06. The summed E-state index contributed by atoms with van der Waals surface area (Å²) in [6.07, 6.45) is 2.77. The number of hydrogen-bond donors (Lipinski definition) is 2. The Morgan fingerprint density at radius 3 is 2.69 bits per heavy atom. The summed E-state index contributed by atoms with van der Waals surface area (Å²) < 4.78 is 0. The summed E-state index contributed by atoms with van der Waals surface area (Å²) in [5.74, 6) is 0. The third kappa shape index (κ3) is 2.74. The van der Waals surface area contributed by atoms with Crippen LogP contribution in [-0.2, 0) is 6.42 Å². The van der Waals surface area contributed by atoms with Crippen LogP contribution in [0.5, 0.6) is 0 Å². The van der Waals surface area contributed by atoms with Crippen molar-refractivity contribution < 1.29 is 5.11 Å². The third-order valence-electron chi connectivity index (χ3n) is 3.13. The van der Waals surface area contributed by atoms with Crippen molar-refractivity contribution in [1.29, 1.82) is 0 Å². The molecule has 1 aromatic carbocycles. The molecule has 2 rings (SSSR count). The van der Waals surface area contributed by atoms with E-state index >= 15 is 0 Å². The molecule has 16 heavy (non-hydrogen) atoms. The summed E-state index contributed by atoms with van der Waals surface area (Å²) in [6, 6.07) is 8.51. The van der Waals surface area contributed by atoms with Crippen LogP contribution < -0.4 is 10.6 Å². The fourth-order valence-corrected chi connectivity index (χ4v) is 2.23. The molecule has 1 unspecified atom stereocenters. The zero-order chi connectivity index (χ0) is 11.4. The van der Waals surface area contributed by atoms with E-state index in [-0.39, 0.29) is 6.10 Å². The van der Waals surface area contributed by atoms with E-state index < -0.39 is 0 Å². The molecule has 1 fully saturated rings. The number of nitrogens with zero attached hydrogens (tertiary/aromatic N) is 1. The normalized spacial score (nSPS) is 21.1. The quantitative estimate of drug-likeness (QED) is 0.803. The smallest absolute Gasteiger partial charge is 0.0715 e. The molecule has 1 atom stereocenters. The topological polar surface area (TPSA) is 49.5 Å². The second kappa shape index (κ2) is 5.32. The van der Waals surface area contributed by atoms with Gasteiger partial charge in [0.2, 0.25) is 0 Å². The van der Waals surface area contributed by atoms with Gasteiger partial charge in [0.25, 0.3) is 0 Å². The lowest BCUT2D eigenvalue weighted by Crippen LogP contribution is -2.38. The van der Waals surface area contributed by atoms with Gasteiger partial charge in [-0.15, -0.1) is 0 Å². The van der Waals surface area contributed by atoms with E-state index in [9.17, 15) is 5.11 Å². The van der Waals surface area contributed by atoms with Gasteiger partial charge < -0.3 is 15.7 Å². The van der Waals surface area contributed by atoms with Crippen molar-refractivity contribution in [3.63, 3.8) is 0 Å². The van der Waals surface area contributed by atoms with Crippen LogP contribution in [0.4, 0.5) is 5.69 Å². The average molecular weight is 220 g/mol. The Morgan fingerprint density at radius 1 is 1.31 bits per heavy atom. The van der Waals surface area contributed by atoms with E-state index in [1.807, 2.05) is 0 Å². The summed E-state index contributed by atoms with van der Waals surface area (Å²) in [6.45, 7) is 2.51. The number of benzene rings is 1. The van der Waals surface area contributed by atoms with E-state index in [1.165, 1.54) is 11.3 Å². The highest BCUT2D eigenvalue weighted by Crippen LogP contribution is 2.20. The highest BCUT2D eigenvalue weighted by atomic mass is 16.3. The van der Waals surface area contributed by atoms with Crippen LogP contribution in [0.15, 0.2) is 24.3 Å². The van der Waals surface area contributed by atoms with E-state index in [4.69, 9.17) is 5.73 Å². The van der Waals surface area contributed by atoms with Crippen molar-refractivity contribution in [2.24, 2.45) is 5.73 Å². The number of hydrogen-bond acceptors (Lipinski definition) is 3. The van der Waals surface area contributed by atoms with E-state index in [0.29, 0.717) is 6.54 Å². The molecule has 0 aromatic heterocycles. The summed E-state index contributed by atoms with van der Waals surface area (Å²) in [4.78, 5) is 2.25. The molecule has 3 heteroatoms. The van der Waals surface area contributed by atoms with Crippen molar-refractivity contribution in [3.8, 4) is 0 Å². The summed E-state index contributed by atoms with van der Waals surface area (Å²) in [5.41, 5.74) is 8.01. The number of anilines is 1. The maximum absolute atomic E-state index is 9.62. The van der Waals surface area contributed by atoms with Crippen LogP contribution in [0.25, 0.3) is 0 Å². The maximum Gasteiger partial charge on any atom is 0.0715 e. The molecule has 0 bridgehead atoms. The maximum atomic E-state index is 9.62. The van der Waals surface area contributed by atoms with E-state index in [1.54, 1.807) is 0 Å². The molecule has 3 N–H and O–H groups in total. The molecule has 0 radical (unpaired) electrons. The Labute approximate surface area is 96.9 Å². The monoisotopic (exact) mass is 220 g/mol. The van der Waals surface area contributed by atoms with E-state index in [2.05, 4.69) is 29.2 Å². The van der Waals surface area contributed by atoms with Crippen LogP contribution in [0.1, 0.15) is 18.4 Å². The van der Waals surface area contributed by atoms with Crippen molar-refractivity contribution in [2.75, 3.05) is 24.5 Å². The number of aliphatic hydroxyl groups is 1. The van der Waals surface area contributed by atoms with Gasteiger partial charge in [-0.25, -0.2) is 0 Å². The number of piperidine rings is 1. The first-order chi connectivity index (χ1) is 7.79. The van der Waals surface area contributed by atoms with E-state index in [0.717, 1.165) is 32.4 Å². The molecule has 1 aliphatic rings. The fraction of sp³-hybridized carbons (Fsp3) is 0.538. The molecule has 88 valence electrons. The molecule has 1 aromatic rings. The molecule has 0 amide bonds. The minimum absolute atomic E-state index is 0.169. The summed E-state index contributed by atoms with van der Waals surface area (Å²) in [7, 11) is 0. The summed E-state index contributed by atoms with van der Waals surface area (Å²) >= 11 is 0. The van der Waals surface area contributed by atoms with Gasteiger partial charge in [-0.3, -0.25) is 0 Å². The molecule has 1 aliphatic heterocycles. The lowest BCUT2D eigenvalue weighted by molar-refractivity contribution is 0.154. The Kier molecular flexibility index (Phi) is 3.80. The lowest BCUT2D eigenvalue weighted by atomic mass is 10.1. The van der Waals surface area contributed by atoms with Crippen molar-refractivity contribution in [2.45, 2.75) is 25.4 Å². The fourth-order valence-electron chi connectivity index (χ4n) is 2.23. The minimum Gasteiger partial charge on any atom is -0.391 e. The highest BCUT2D eigenvalue weighted by Gasteiger charge is 2.17. The third-order valence-corrected chi connectivity index (χ3v) is 3.13. The van der Waals surface area contributed by atoms with Crippen molar-refractivity contribution >= 4 is 5.69 Å². The molecule has 0 spiro atoms. The zero-order valence-corrected chi connectivity index (χ0v) is 9.60. The van der Waals surface area contributed by atoms with Gasteiger partial charge in [-0.05, 0) is 43.5 Å². The van der Waals surface area contributed by atoms with Crippen LogP contribution >= 0.6 is 0 Å². The predicted molar refractivity (Wildman–Crippen MR) is 66.7 cm³/mol. The standard InChI is InChI=1S/C13H20N2O/c14-8-7-11-3-5-12(6-4-11)15-9-1-2-13(16)10-15/h3-6,13,16H,1-2,7-10,14H2. The van der Waals surface area contributed by atoms with Crippen molar-refractivity contribution in [1.82, 2.24) is 0 Å².